The second-order valence-corrected chi connectivity index (χ2v) is 8.10. The van der Waals surface area contributed by atoms with E-state index in [0.29, 0.717) is 23.8 Å². The van der Waals surface area contributed by atoms with Crippen LogP contribution in [0.3, 0.4) is 0 Å². The van der Waals surface area contributed by atoms with E-state index in [0.717, 1.165) is 22.9 Å². The summed E-state index contributed by atoms with van der Waals surface area (Å²) in [7, 11) is 0. The smallest absolute Gasteiger partial charge is 0.270 e. The fraction of sp³-hybridized carbons (Fsp3) is 0.167. The quantitative estimate of drug-likeness (QED) is 0.544. The van der Waals surface area contributed by atoms with Crippen molar-refractivity contribution in [3.63, 3.8) is 0 Å². The monoisotopic (exact) mass is 431 g/mol. The van der Waals surface area contributed by atoms with Crippen molar-refractivity contribution in [1.29, 1.82) is 0 Å². The van der Waals surface area contributed by atoms with Gasteiger partial charge in [-0.1, -0.05) is 60.7 Å². The van der Waals surface area contributed by atoms with E-state index in [1.165, 1.54) is 17.0 Å². The number of hydrogen-bond donors (Lipinski definition) is 0. The molecule has 0 aliphatic carbocycles. The molecule has 6 nitrogen and oxygen atoms in total. The van der Waals surface area contributed by atoms with E-state index in [2.05, 4.69) is 5.10 Å². The number of ether oxygens (including phenoxy) is 1. The highest BCUT2D eigenvalue weighted by Gasteiger charge is 2.47. The second kappa shape index (κ2) is 9.14. The molecule has 0 fully saturated rings. The number of thioether (sulfide) groups is 1. The minimum Gasteiger partial charge on any atom is -0.468 e. The largest absolute Gasteiger partial charge is 0.468 e. The van der Waals surface area contributed by atoms with Crippen LogP contribution >= 0.6 is 11.8 Å². The Hall–Kier alpha value is -3.45. The van der Waals surface area contributed by atoms with Crippen LogP contribution in [0, 0.1) is 0 Å². The molecule has 1 atom stereocenters. The molecule has 0 N–H and O–H groups in total. The zero-order valence-electron chi connectivity index (χ0n) is 17.0. The number of nitrogens with zero attached hydrogens (tertiary/aromatic N) is 3. The lowest BCUT2D eigenvalue weighted by atomic mass is 9.85. The number of hydrogen-bond acceptors (Lipinski definition) is 6. The Bertz CT molecular complexity index is 1130. The molecule has 1 aliphatic heterocycles. The van der Waals surface area contributed by atoms with Gasteiger partial charge in [0.05, 0.1) is 0 Å². The van der Waals surface area contributed by atoms with Gasteiger partial charge in [-0.2, -0.15) is 5.10 Å². The number of carbonyl (C=O) groups is 2. The molecule has 7 heteroatoms. The average molecular weight is 432 g/mol. The first-order chi connectivity index (χ1) is 15.1. The molecule has 0 amide bonds. The van der Waals surface area contributed by atoms with Crippen molar-refractivity contribution in [3.8, 4) is 0 Å². The van der Waals surface area contributed by atoms with E-state index in [1.54, 1.807) is 19.2 Å². The normalized spacial score (nSPS) is 18.7. The third-order valence-corrected chi connectivity index (χ3v) is 5.94. The van der Waals surface area contributed by atoms with Crippen molar-refractivity contribution in [2.75, 3.05) is 0 Å². The first kappa shape index (κ1) is 20.8. The summed E-state index contributed by atoms with van der Waals surface area (Å²) >= 11 is 0.978. The number of aromatic nitrogens is 2. The zero-order chi connectivity index (χ0) is 21.7. The van der Waals surface area contributed by atoms with E-state index in [4.69, 9.17) is 9.73 Å². The lowest BCUT2D eigenvalue weighted by Crippen LogP contribution is -2.36. The maximum absolute atomic E-state index is 13.2. The SMILES string of the molecule is C/C(=C\C(=O)n1cccn1)[C@@]1(Cc2ccccc2)N=C(OCc2ccccc2)SC1=O. The minimum absolute atomic E-state index is 0.165. The van der Waals surface area contributed by atoms with Gasteiger partial charge in [-0.15, -0.1) is 0 Å². The minimum atomic E-state index is -1.21. The van der Waals surface area contributed by atoms with Gasteiger partial charge in [-0.25, -0.2) is 9.67 Å². The van der Waals surface area contributed by atoms with Crippen LogP contribution in [0.5, 0.6) is 0 Å². The van der Waals surface area contributed by atoms with Gasteiger partial charge in [0.15, 0.2) is 5.54 Å². The molecule has 0 saturated heterocycles. The number of allylic oxidation sites excluding steroid dienone is 1. The van der Waals surface area contributed by atoms with Crippen LogP contribution in [0.1, 0.15) is 22.8 Å². The van der Waals surface area contributed by atoms with Crippen LogP contribution in [0.4, 0.5) is 0 Å². The van der Waals surface area contributed by atoms with Gasteiger partial charge in [0, 0.05) is 36.7 Å². The summed E-state index contributed by atoms with van der Waals surface area (Å²) in [6, 6.07) is 21.0. The molecule has 156 valence electrons. The fourth-order valence-corrected chi connectivity index (χ4v) is 4.26. The van der Waals surface area contributed by atoms with Crippen molar-refractivity contribution < 1.29 is 14.3 Å². The van der Waals surface area contributed by atoms with Crippen molar-refractivity contribution >= 4 is 28.0 Å². The highest BCUT2D eigenvalue weighted by Crippen LogP contribution is 2.39. The van der Waals surface area contributed by atoms with Gasteiger partial charge in [-0.3, -0.25) is 9.59 Å². The number of aliphatic imine (C=N–C) groups is 1. The Kier molecular flexibility index (Phi) is 6.13. The Balaban J connectivity index is 1.65. The van der Waals surface area contributed by atoms with E-state index in [-0.39, 0.29) is 11.0 Å². The van der Waals surface area contributed by atoms with Gasteiger partial charge in [0.2, 0.25) is 5.12 Å². The maximum atomic E-state index is 13.2. The highest BCUT2D eigenvalue weighted by molar-refractivity contribution is 8.26. The van der Waals surface area contributed by atoms with E-state index in [1.807, 2.05) is 60.7 Å². The Morgan fingerprint density at radius 1 is 1.06 bits per heavy atom. The predicted octanol–water partition coefficient (Wildman–Crippen LogP) is 4.30. The van der Waals surface area contributed by atoms with Crippen LogP contribution in [0.25, 0.3) is 0 Å². The fourth-order valence-electron chi connectivity index (χ4n) is 3.33. The molecule has 0 unspecified atom stereocenters. The molecule has 2 heterocycles. The van der Waals surface area contributed by atoms with E-state index >= 15 is 0 Å². The van der Waals surface area contributed by atoms with Crippen LogP contribution in [-0.4, -0.2) is 31.6 Å². The molecule has 0 spiro atoms. The van der Waals surface area contributed by atoms with Crippen molar-refractivity contribution in [1.82, 2.24) is 9.78 Å². The summed E-state index contributed by atoms with van der Waals surface area (Å²) < 4.78 is 7.07. The number of benzene rings is 2. The third-order valence-electron chi connectivity index (χ3n) is 5.03. The average Bonchev–Trinajstić information content (AvgIpc) is 3.43. The maximum Gasteiger partial charge on any atom is 0.270 e. The van der Waals surface area contributed by atoms with Crippen molar-refractivity contribution in [2.24, 2.45) is 4.99 Å². The third kappa shape index (κ3) is 4.67. The summed E-state index contributed by atoms with van der Waals surface area (Å²) in [5, 5.41) is 4.12. The first-order valence-electron chi connectivity index (χ1n) is 9.82. The summed E-state index contributed by atoms with van der Waals surface area (Å²) in [5.74, 6) is -0.332. The topological polar surface area (TPSA) is 73.6 Å². The molecule has 2 aromatic carbocycles. The summed E-state index contributed by atoms with van der Waals surface area (Å²) in [4.78, 5) is 30.5. The van der Waals surface area contributed by atoms with Gasteiger partial charge >= 0.3 is 0 Å². The highest BCUT2D eigenvalue weighted by atomic mass is 32.2. The van der Waals surface area contributed by atoms with E-state index in [9.17, 15) is 9.59 Å². The Morgan fingerprint density at radius 3 is 2.39 bits per heavy atom. The molecule has 1 aromatic heterocycles. The lowest BCUT2D eigenvalue weighted by Gasteiger charge is -2.24. The molecule has 4 rings (SSSR count). The molecule has 1 aliphatic rings. The van der Waals surface area contributed by atoms with Crippen LogP contribution in [-0.2, 0) is 22.6 Å². The summed E-state index contributed by atoms with van der Waals surface area (Å²) in [6.45, 7) is 2.07. The van der Waals surface area contributed by atoms with Gasteiger partial charge < -0.3 is 4.74 Å². The van der Waals surface area contributed by atoms with Crippen molar-refractivity contribution in [2.45, 2.75) is 25.5 Å². The van der Waals surface area contributed by atoms with Crippen LogP contribution in [0.2, 0.25) is 0 Å². The molecule has 31 heavy (non-hydrogen) atoms. The molecule has 0 radical (unpaired) electrons. The van der Waals surface area contributed by atoms with Crippen molar-refractivity contribution in [3.05, 3.63) is 102 Å². The standard InChI is InChI=1S/C24H21N3O3S/c1-18(15-21(28)27-14-8-13-25-27)24(16-19-9-4-2-5-10-19)22(29)31-23(26-24)30-17-20-11-6-3-7-12-20/h2-15H,16-17H2,1H3/b18-15+/t24-/m1/s1. The van der Waals surface area contributed by atoms with Crippen LogP contribution < -0.4 is 0 Å². The van der Waals surface area contributed by atoms with Gasteiger partial charge in [0.1, 0.15) is 6.61 Å². The molecule has 0 saturated carbocycles. The summed E-state index contributed by atoms with van der Waals surface area (Å²) in [5.41, 5.74) is 1.28. The molecular weight excluding hydrogens is 410 g/mol. The van der Waals surface area contributed by atoms with Crippen LogP contribution in [0.15, 0.2) is 95.8 Å². The van der Waals surface area contributed by atoms with Gasteiger partial charge in [0.25, 0.3) is 11.1 Å². The van der Waals surface area contributed by atoms with E-state index < -0.39 is 5.54 Å². The number of carbonyl (C=O) groups excluding carboxylic acids is 2. The lowest BCUT2D eigenvalue weighted by molar-refractivity contribution is -0.114. The zero-order valence-corrected chi connectivity index (χ0v) is 17.8. The molecular formula is C24H21N3O3S. The Labute approximate surface area is 184 Å². The summed E-state index contributed by atoms with van der Waals surface area (Å²) in [6.07, 6.45) is 4.87. The number of rotatable bonds is 6. The second-order valence-electron chi connectivity index (χ2n) is 7.18. The Morgan fingerprint density at radius 2 is 1.74 bits per heavy atom. The molecule has 0 bridgehead atoms. The van der Waals surface area contributed by atoms with Gasteiger partial charge in [-0.05, 0) is 29.7 Å². The first-order valence-corrected chi connectivity index (χ1v) is 10.6. The predicted molar refractivity (Wildman–Crippen MR) is 121 cm³/mol. The molecule has 3 aromatic rings.